The fourth-order valence-electron chi connectivity index (χ4n) is 2.53. The SMILES string of the molecule is Cc1ccc(NC(=O)NC2CCCC(C(=O)O)C2)cc1. The molecule has 2 rings (SSSR count). The summed E-state index contributed by atoms with van der Waals surface area (Å²) in [6.07, 6.45) is 2.89. The van der Waals surface area contributed by atoms with Gasteiger partial charge in [0.1, 0.15) is 0 Å². The highest BCUT2D eigenvalue weighted by Gasteiger charge is 2.27. The lowest BCUT2D eigenvalue weighted by atomic mass is 9.86. The summed E-state index contributed by atoms with van der Waals surface area (Å²) in [5, 5.41) is 14.6. The fraction of sp³-hybridized carbons (Fsp3) is 0.467. The molecule has 20 heavy (non-hydrogen) atoms. The fourth-order valence-corrected chi connectivity index (χ4v) is 2.53. The average Bonchev–Trinajstić information content (AvgIpc) is 2.41. The number of urea groups is 1. The van der Waals surface area contributed by atoms with E-state index < -0.39 is 5.97 Å². The number of rotatable bonds is 3. The number of carboxylic acid groups (broad SMARTS) is 1. The number of anilines is 1. The van der Waals surface area contributed by atoms with Crippen molar-refractivity contribution >= 4 is 17.7 Å². The van der Waals surface area contributed by atoms with Crippen molar-refractivity contribution in [3.05, 3.63) is 29.8 Å². The van der Waals surface area contributed by atoms with Gasteiger partial charge in [-0.1, -0.05) is 24.1 Å². The normalized spacial score (nSPS) is 22.1. The summed E-state index contributed by atoms with van der Waals surface area (Å²) in [6.45, 7) is 1.98. The van der Waals surface area contributed by atoms with E-state index in [1.807, 2.05) is 31.2 Å². The van der Waals surface area contributed by atoms with E-state index in [4.69, 9.17) is 5.11 Å². The predicted octanol–water partition coefficient (Wildman–Crippen LogP) is 2.76. The standard InChI is InChI=1S/C15H20N2O3/c1-10-5-7-12(8-6-10)16-15(20)17-13-4-2-3-11(9-13)14(18)19/h5-8,11,13H,2-4,9H2,1H3,(H,18,19)(H2,16,17,20). The molecule has 2 atom stereocenters. The van der Waals surface area contributed by atoms with Crippen LogP contribution in [-0.2, 0) is 4.79 Å². The Morgan fingerprint density at radius 1 is 1.20 bits per heavy atom. The van der Waals surface area contributed by atoms with Gasteiger partial charge in [0.2, 0.25) is 0 Å². The van der Waals surface area contributed by atoms with Crippen molar-refractivity contribution in [3.63, 3.8) is 0 Å². The summed E-state index contributed by atoms with van der Waals surface area (Å²) in [4.78, 5) is 22.9. The number of hydrogen-bond acceptors (Lipinski definition) is 2. The monoisotopic (exact) mass is 276 g/mol. The van der Waals surface area contributed by atoms with Gasteiger partial charge >= 0.3 is 12.0 Å². The Labute approximate surface area is 118 Å². The van der Waals surface area contributed by atoms with Crippen molar-refractivity contribution in [2.24, 2.45) is 5.92 Å². The van der Waals surface area contributed by atoms with Crippen molar-refractivity contribution in [3.8, 4) is 0 Å². The Kier molecular flexibility index (Phi) is 4.61. The molecule has 0 radical (unpaired) electrons. The molecule has 0 bridgehead atoms. The molecular formula is C15H20N2O3. The Bertz CT molecular complexity index is 484. The molecule has 108 valence electrons. The van der Waals surface area contributed by atoms with Gasteiger partial charge in [-0.05, 0) is 38.3 Å². The first kappa shape index (κ1) is 14.4. The molecule has 1 aliphatic rings. The highest BCUT2D eigenvalue weighted by atomic mass is 16.4. The average molecular weight is 276 g/mol. The first-order valence-electron chi connectivity index (χ1n) is 6.91. The Balaban J connectivity index is 1.85. The highest BCUT2D eigenvalue weighted by molar-refractivity contribution is 5.89. The van der Waals surface area contributed by atoms with Gasteiger partial charge in [-0.2, -0.15) is 0 Å². The van der Waals surface area contributed by atoms with Gasteiger partial charge in [-0.15, -0.1) is 0 Å². The second-order valence-corrected chi connectivity index (χ2v) is 5.36. The molecule has 1 aliphatic carbocycles. The first-order chi connectivity index (χ1) is 9.54. The molecule has 1 aromatic carbocycles. The third kappa shape index (κ3) is 3.98. The van der Waals surface area contributed by atoms with Crippen molar-refractivity contribution < 1.29 is 14.7 Å². The second kappa shape index (κ2) is 6.41. The van der Waals surface area contributed by atoms with Crippen molar-refractivity contribution in [2.45, 2.75) is 38.6 Å². The van der Waals surface area contributed by atoms with Crippen molar-refractivity contribution in [1.29, 1.82) is 0 Å². The van der Waals surface area contributed by atoms with Crippen LogP contribution in [0.15, 0.2) is 24.3 Å². The van der Waals surface area contributed by atoms with Crippen LogP contribution in [0.2, 0.25) is 0 Å². The van der Waals surface area contributed by atoms with E-state index in [-0.39, 0.29) is 18.0 Å². The number of aliphatic carboxylic acids is 1. The van der Waals surface area contributed by atoms with Crippen LogP contribution in [0.1, 0.15) is 31.2 Å². The summed E-state index contributed by atoms with van der Waals surface area (Å²) < 4.78 is 0. The van der Waals surface area contributed by atoms with Gasteiger partial charge in [0, 0.05) is 11.7 Å². The first-order valence-corrected chi connectivity index (χ1v) is 6.91. The van der Waals surface area contributed by atoms with Gasteiger partial charge < -0.3 is 15.7 Å². The van der Waals surface area contributed by atoms with E-state index in [0.29, 0.717) is 12.8 Å². The molecule has 5 nitrogen and oxygen atoms in total. The Morgan fingerprint density at radius 2 is 1.90 bits per heavy atom. The molecule has 5 heteroatoms. The lowest BCUT2D eigenvalue weighted by Crippen LogP contribution is -2.42. The number of aryl methyl sites for hydroxylation is 1. The lowest BCUT2D eigenvalue weighted by Gasteiger charge is -2.27. The van der Waals surface area contributed by atoms with E-state index in [1.165, 1.54) is 0 Å². The number of carbonyl (C=O) groups is 2. The van der Waals surface area contributed by atoms with E-state index in [0.717, 1.165) is 24.1 Å². The minimum atomic E-state index is -0.768. The molecule has 1 aromatic rings. The van der Waals surface area contributed by atoms with E-state index in [9.17, 15) is 9.59 Å². The third-order valence-corrected chi connectivity index (χ3v) is 3.67. The smallest absolute Gasteiger partial charge is 0.319 e. The third-order valence-electron chi connectivity index (χ3n) is 3.67. The Morgan fingerprint density at radius 3 is 2.55 bits per heavy atom. The largest absolute Gasteiger partial charge is 0.481 e. The summed E-state index contributed by atoms with van der Waals surface area (Å²) in [5.74, 6) is -1.11. The summed E-state index contributed by atoms with van der Waals surface area (Å²) in [5.41, 5.74) is 1.87. The summed E-state index contributed by atoms with van der Waals surface area (Å²) >= 11 is 0. The molecule has 2 unspecified atom stereocenters. The summed E-state index contributed by atoms with van der Waals surface area (Å²) in [6, 6.07) is 7.21. The van der Waals surface area contributed by atoms with Gasteiger partial charge in [-0.25, -0.2) is 4.79 Å². The number of amides is 2. The van der Waals surface area contributed by atoms with Gasteiger partial charge in [0.05, 0.1) is 5.92 Å². The summed E-state index contributed by atoms with van der Waals surface area (Å²) in [7, 11) is 0. The zero-order valence-corrected chi connectivity index (χ0v) is 11.6. The maximum absolute atomic E-state index is 11.9. The molecule has 0 spiro atoms. The number of benzene rings is 1. The maximum atomic E-state index is 11.9. The molecule has 3 N–H and O–H groups in total. The van der Waals surface area contributed by atoms with Gasteiger partial charge in [-0.3, -0.25) is 4.79 Å². The van der Waals surface area contributed by atoms with Crippen LogP contribution < -0.4 is 10.6 Å². The molecule has 1 fully saturated rings. The van der Waals surface area contributed by atoms with Crippen LogP contribution in [-0.4, -0.2) is 23.1 Å². The predicted molar refractivity (Wildman–Crippen MR) is 76.7 cm³/mol. The highest BCUT2D eigenvalue weighted by Crippen LogP contribution is 2.24. The minimum Gasteiger partial charge on any atom is -0.481 e. The van der Waals surface area contributed by atoms with Gasteiger partial charge in [0.25, 0.3) is 0 Å². The topological polar surface area (TPSA) is 78.4 Å². The second-order valence-electron chi connectivity index (χ2n) is 5.36. The van der Waals surface area contributed by atoms with Crippen LogP contribution >= 0.6 is 0 Å². The number of carbonyl (C=O) groups excluding carboxylic acids is 1. The molecule has 1 saturated carbocycles. The van der Waals surface area contributed by atoms with Gasteiger partial charge in [0.15, 0.2) is 0 Å². The van der Waals surface area contributed by atoms with Crippen LogP contribution in [0, 0.1) is 12.8 Å². The van der Waals surface area contributed by atoms with E-state index in [2.05, 4.69) is 10.6 Å². The lowest BCUT2D eigenvalue weighted by molar-refractivity contribution is -0.143. The van der Waals surface area contributed by atoms with Crippen LogP contribution in [0.25, 0.3) is 0 Å². The molecule has 0 aliphatic heterocycles. The van der Waals surface area contributed by atoms with Crippen LogP contribution in [0.3, 0.4) is 0 Å². The number of carboxylic acids is 1. The molecule has 2 amide bonds. The Hall–Kier alpha value is -2.04. The molecule has 0 aromatic heterocycles. The molecule has 0 heterocycles. The molecule has 0 saturated heterocycles. The van der Waals surface area contributed by atoms with Crippen molar-refractivity contribution in [2.75, 3.05) is 5.32 Å². The maximum Gasteiger partial charge on any atom is 0.319 e. The zero-order valence-electron chi connectivity index (χ0n) is 11.6. The molecular weight excluding hydrogens is 256 g/mol. The minimum absolute atomic E-state index is 0.0599. The zero-order chi connectivity index (χ0) is 14.5. The number of nitrogens with one attached hydrogen (secondary N) is 2. The van der Waals surface area contributed by atoms with Crippen molar-refractivity contribution in [1.82, 2.24) is 5.32 Å². The quantitative estimate of drug-likeness (QED) is 0.794. The van der Waals surface area contributed by atoms with E-state index in [1.54, 1.807) is 0 Å². The van der Waals surface area contributed by atoms with E-state index >= 15 is 0 Å². The van der Waals surface area contributed by atoms with Crippen LogP contribution in [0.4, 0.5) is 10.5 Å². The van der Waals surface area contributed by atoms with Crippen LogP contribution in [0.5, 0.6) is 0 Å². The number of hydrogen-bond donors (Lipinski definition) is 3.